The molecule has 1 nitrogen and oxygen atoms in total. The van der Waals surface area contributed by atoms with Crippen LogP contribution in [-0.4, -0.2) is 12.6 Å². The van der Waals surface area contributed by atoms with Crippen molar-refractivity contribution in [3.8, 4) is 0 Å². The Labute approximate surface area is 109 Å². The second-order valence-electron chi connectivity index (χ2n) is 7.05. The van der Waals surface area contributed by atoms with E-state index in [1.807, 2.05) is 0 Å². The molecule has 102 valence electrons. The van der Waals surface area contributed by atoms with Crippen molar-refractivity contribution in [2.24, 2.45) is 17.3 Å². The first kappa shape index (κ1) is 15.0. The smallest absolute Gasteiger partial charge is 0.00106 e. The first-order valence-electron chi connectivity index (χ1n) is 7.67. The molecule has 0 radical (unpaired) electrons. The summed E-state index contributed by atoms with van der Waals surface area (Å²) < 4.78 is 0. The van der Waals surface area contributed by atoms with E-state index >= 15 is 0 Å². The zero-order chi connectivity index (χ0) is 12.9. The Morgan fingerprint density at radius 2 is 1.65 bits per heavy atom. The molecular formula is C16H33N. The van der Waals surface area contributed by atoms with Gasteiger partial charge >= 0.3 is 0 Å². The predicted molar refractivity (Wildman–Crippen MR) is 77.3 cm³/mol. The summed E-state index contributed by atoms with van der Waals surface area (Å²) in [5, 5.41) is 3.66. The van der Waals surface area contributed by atoms with Crippen LogP contribution in [0.1, 0.15) is 73.1 Å². The molecule has 0 aromatic carbocycles. The third-order valence-electron chi connectivity index (χ3n) is 4.79. The molecule has 0 aliphatic heterocycles. The maximum Gasteiger partial charge on any atom is 0.00106 e. The van der Waals surface area contributed by atoms with Crippen molar-refractivity contribution >= 4 is 0 Å². The number of rotatable bonds is 6. The molecule has 1 saturated carbocycles. The van der Waals surface area contributed by atoms with Gasteiger partial charge in [0.2, 0.25) is 0 Å². The fraction of sp³-hybridized carbons (Fsp3) is 1.00. The highest BCUT2D eigenvalue weighted by Gasteiger charge is 2.31. The van der Waals surface area contributed by atoms with Crippen molar-refractivity contribution in [3.05, 3.63) is 0 Å². The summed E-state index contributed by atoms with van der Waals surface area (Å²) in [4.78, 5) is 0. The lowest BCUT2D eigenvalue weighted by molar-refractivity contribution is 0.135. The van der Waals surface area contributed by atoms with Crippen molar-refractivity contribution in [2.45, 2.75) is 79.2 Å². The van der Waals surface area contributed by atoms with Gasteiger partial charge in [-0.3, -0.25) is 0 Å². The summed E-state index contributed by atoms with van der Waals surface area (Å²) >= 11 is 0. The van der Waals surface area contributed by atoms with E-state index < -0.39 is 0 Å². The normalized spacial score (nSPS) is 22.1. The van der Waals surface area contributed by atoms with Gasteiger partial charge in [0, 0.05) is 12.6 Å². The van der Waals surface area contributed by atoms with Gasteiger partial charge in [-0.1, -0.05) is 66.7 Å². The Morgan fingerprint density at radius 3 is 2.12 bits per heavy atom. The maximum absolute atomic E-state index is 3.66. The van der Waals surface area contributed by atoms with E-state index in [4.69, 9.17) is 0 Å². The van der Waals surface area contributed by atoms with Gasteiger partial charge in [-0.25, -0.2) is 0 Å². The number of hydrogen-bond acceptors (Lipinski definition) is 1. The minimum atomic E-state index is 0.478. The lowest BCUT2D eigenvalue weighted by atomic mass is 9.69. The Hall–Kier alpha value is -0.0400. The molecule has 1 aliphatic rings. The van der Waals surface area contributed by atoms with E-state index in [1.165, 1.54) is 45.1 Å². The third-order valence-corrected chi connectivity index (χ3v) is 4.79. The molecule has 1 aliphatic carbocycles. The molecule has 1 fully saturated rings. The van der Waals surface area contributed by atoms with E-state index in [0.29, 0.717) is 11.5 Å². The average molecular weight is 239 g/mol. The SMILES string of the molecule is CC(C)NCC(C)(CC1CCCCC1)C(C)C. The molecule has 1 unspecified atom stereocenters. The van der Waals surface area contributed by atoms with E-state index in [0.717, 1.165) is 11.8 Å². The second-order valence-corrected chi connectivity index (χ2v) is 7.05. The van der Waals surface area contributed by atoms with Crippen LogP contribution >= 0.6 is 0 Å². The molecule has 17 heavy (non-hydrogen) atoms. The molecular weight excluding hydrogens is 206 g/mol. The molecule has 1 atom stereocenters. The fourth-order valence-corrected chi connectivity index (χ4v) is 3.00. The zero-order valence-corrected chi connectivity index (χ0v) is 12.7. The number of hydrogen-bond donors (Lipinski definition) is 1. The standard InChI is InChI=1S/C16H33N/c1-13(2)16(5,12-17-14(3)4)11-15-9-7-6-8-10-15/h13-15,17H,6-12H2,1-5H3. The molecule has 0 spiro atoms. The van der Waals surface area contributed by atoms with Gasteiger partial charge in [-0.2, -0.15) is 0 Å². The van der Waals surface area contributed by atoms with Crippen molar-refractivity contribution in [1.29, 1.82) is 0 Å². The highest BCUT2D eigenvalue weighted by Crippen LogP contribution is 2.39. The summed E-state index contributed by atoms with van der Waals surface area (Å²) in [6.45, 7) is 13.0. The summed E-state index contributed by atoms with van der Waals surface area (Å²) in [5.41, 5.74) is 0.478. The largest absolute Gasteiger partial charge is 0.314 e. The Bertz CT molecular complexity index is 204. The third kappa shape index (κ3) is 4.99. The summed E-state index contributed by atoms with van der Waals surface area (Å²) in [7, 11) is 0. The zero-order valence-electron chi connectivity index (χ0n) is 12.7. The van der Waals surface area contributed by atoms with Crippen LogP contribution in [0, 0.1) is 17.3 Å². The van der Waals surface area contributed by atoms with Gasteiger partial charge in [-0.15, -0.1) is 0 Å². The molecule has 0 saturated heterocycles. The van der Waals surface area contributed by atoms with Gasteiger partial charge in [-0.05, 0) is 23.7 Å². The first-order valence-corrected chi connectivity index (χ1v) is 7.67. The summed E-state index contributed by atoms with van der Waals surface area (Å²) in [6, 6.07) is 0.611. The molecule has 0 bridgehead atoms. The van der Waals surface area contributed by atoms with E-state index in [1.54, 1.807) is 0 Å². The second kappa shape index (κ2) is 6.78. The predicted octanol–water partition coefficient (Wildman–Crippen LogP) is 4.62. The maximum atomic E-state index is 3.66. The minimum absolute atomic E-state index is 0.478. The van der Waals surface area contributed by atoms with Crippen molar-refractivity contribution in [1.82, 2.24) is 5.32 Å². The molecule has 0 aromatic rings. The Balaban J connectivity index is 2.50. The van der Waals surface area contributed by atoms with Crippen LogP contribution in [-0.2, 0) is 0 Å². The molecule has 1 heteroatoms. The first-order chi connectivity index (χ1) is 7.94. The van der Waals surface area contributed by atoms with Crippen LogP contribution in [0.2, 0.25) is 0 Å². The molecule has 0 aromatic heterocycles. The van der Waals surface area contributed by atoms with Crippen LogP contribution in [0.15, 0.2) is 0 Å². The van der Waals surface area contributed by atoms with Crippen molar-refractivity contribution in [2.75, 3.05) is 6.54 Å². The lowest BCUT2D eigenvalue weighted by Gasteiger charge is -2.39. The van der Waals surface area contributed by atoms with Crippen LogP contribution < -0.4 is 5.32 Å². The van der Waals surface area contributed by atoms with Crippen LogP contribution in [0.3, 0.4) is 0 Å². The van der Waals surface area contributed by atoms with Gasteiger partial charge < -0.3 is 5.32 Å². The summed E-state index contributed by atoms with van der Waals surface area (Å²) in [5.74, 6) is 1.76. The van der Waals surface area contributed by atoms with Crippen molar-refractivity contribution < 1.29 is 0 Å². The van der Waals surface area contributed by atoms with Gasteiger partial charge in [0.05, 0.1) is 0 Å². The van der Waals surface area contributed by atoms with E-state index in [2.05, 4.69) is 39.9 Å². The van der Waals surface area contributed by atoms with Crippen molar-refractivity contribution in [3.63, 3.8) is 0 Å². The highest BCUT2D eigenvalue weighted by atomic mass is 14.9. The molecule has 0 amide bonds. The average Bonchev–Trinajstić information content (AvgIpc) is 2.27. The van der Waals surface area contributed by atoms with Gasteiger partial charge in [0.25, 0.3) is 0 Å². The molecule has 1 N–H and O–H groups in total. The number of nitrogens with one attached hydrogen (secondary N) is 1. The quantitative estimate of drug-likeness (QED) is 0.713. The van der Waals surface area contributed by atoms with Crippen LogP contribution in [0.5, 0.6) is 0 Å². The Morgan fingerprint density at radius 1 is 1.06 bits per heavy atom. The fourth-order valence-electron chi connectivity index (χ4n) is 3.00. The topological polar surface area (TPSA) is 12.0 Å². The molecule has 1 rings (SSSR count). The summed E-state index contributed by atoms with van der Waals surface area (Å²) in [6.07, 6.45) is 8.78. The minimum Gasteiger partial charge on any atom is -0.314 e. The lowest BCUT2D eigenvalue weighted by Crippen LogP contribution is -2.40. The van der Waals surface area contributed by atoms with E-state index in [-0.39, 0.29) is 0 Å². The highest BCUT2D eigenvalue weighted by molar-refractivity contribution is 4.84. The van der Waals surface area contributed by atoms with Gasteiger partial charge in [0.15, 0.2) is 0 Å². The van der Waals surface area contributed by atoms with E-state index in [9.17, 15) is 0 Å². The van der Waals surface area contributed by atoms with Crippen LogP contribution in [0.4, 0.5) is 0 Å². The van der Waals surface area contributed by atoms with Gasteiger partial charge in [0.1, 0.15) is 0 Å². The molecule has 0 heterocycles. The van der Waals surface area contributed by atoms with Crippen LogP contribution in [0.25, 0.3) is 0 Å². The Kier molecular flexibility index (Phi) is 5.99. The monoisotopic (exact) mass is 239 g/mol.